The molecule has 0 aromatic rings. The Balaban J connectivity index is 4.24. The van der Waals surface area contributed by atoms with Gasteiger partial charge in [0.2, 0.25) is 0 Å². The minimum Gasteiger partial charge on any atom is -0.481 e. The fraction of sp³-hybridized carbons (Fsp3) is 0.818. The molecule has 0 radical (unpaired) electrons. The summed E-state index contributed by atoms with van der Waals surface area (Å²) in [5.41, 5.74) is 0. The van der Waals surface area contributed by atoms with Crippen molar-refractivity contribution in [3.8, 4) is 0 Å². The number of rotatable bonds is 7. The lowest BCUT2D eigenvalue weighted by Gasteiger charge is -2.27. The van der Waals surface area contributed by atoms with Crippen LogP contribution in [0.1, 0.15) is 27.2 Å². The molecule has 0 saturated carbocycles. The standard InChI is InChI=1S/C11H22N2O3S/c1-5-13(8(2)6-10(14)15)11(16)12-7-9(3)17-4/h8-9H,5-7H2,1-4H3,(H,12,16)(H,14,15). The van der Waals surface area contributed by atoms with Gasteiger partial charge in [0, 0.05) is 24.4 Å². The minimum absolute atomic E-state index is 0.0284. The first kappa shape index (κ1) is 16.1. The van der Waals surface area contributed by atoms with Gasteiger partial charge in [0.15, 0.2) is 0 Å². The van der Waals surface area contributed by atoms with Crippen LogP contribution in [0.5, 0.6) is 0 Å². The summed E-state index contributed by atoms with van der Waals surface area (Å²) in [4.78, 5) is 24.0. The van der Waals surface area contributed by atoms with Crippen LogP contribution in [0.2, 0.25) is 0 Å². The summed E-state index contributed by atoms with van der Waals surface area (Å²) in [6.07, 6.45) is 1.96. The Labute approximate surface area is 107 Å². The molecular weight excluding hydrogens is 240 g/mol. The van der Waals surface area contributed by atoms with Gasteiger partial charge in [-0.05, 0) is 20.1 Å². The first-order valence-electron chi connectivity index (χ1n) is 5.71. The zero-order valence-electron chi connectivity index (χ0n) is 10.9. The van der Waals surface area contributed by atoms with Gasteiger partial charge in [-0.1, -0.05) is 6.92 Å². The smallest absolute Gasteiger partial charge is 0.317 e. The van der Waals surface area contributed by atoms with Crippen LogP contribution < -0.4 is 5.32 Å². The van der Waals surface area contributed by atoms with Crippen LogP contribution in [0.15, 0.2) is 0 Å². The summed E-state index contributed by atoms with van der Waals surface area (Å²) in [6, 6.07) is -0.482. The highest BCUT2D eigenvalue weighted by Gasteiger charge is 2.20. The maximum atomic E-state index is 11.8. The van der Waals surface area contributed by atoms with Crippen molar-refractivity contribution >= 4 is 23.8 Å². The monoisotopic (exact) mass is 262 g/mol. The van der Waals surface area contributed by atoms with Crippen LogP contribution in [0.3, 0.4) is 0 Å². The van der Waals surface area contributed by atoms with Crippen molar-refractivity contribution in [2.75, 3.05) is 19.3 Å². The van der Waals surface area contributed by atoms with Gasteiger partial charge >= 0.3 is 12.0 Å². The summed E-state index contributed by atoms with van der Waals surface area (Å²) in [5, 5.41) is 11.9. The number of carboxylic acids is 1. The molecule has 17 heavy (non-hydrogen) atoms. The first-order chi connectivity index (χ1) is 7.92. The van der Waals surface area contributed by atoms with E-state index < -0.39 is 5.97 Å². The Hall–Kier alpha value is -0.910. The van der Waals surface area contributed by atoms with E-state index in [9.17, 15) is 9.59 Å². The van der Waals surface area contributed by atoms with E-state index in [2.05, 4.69) is 5.32 Å². The predicted molar refractivity (Wildman–Crippen MR) is 70.5 cm³/mol. The van der Waals surface area contributed by atoms with Crippen molar-refractivity contribution in [1.29, 1.82) is 0 Å². The van der Waals surface area contributed by atoms with Gasteiger partial charge in [0.05, 0.1) is 6.42 Å². The number of amides is 2. The van der Waals surface area contributed by atoms with Crippen molar-refractivity contribution in [3.05, 3.63) is 0 Å². The molecular formula is C11H22N2O3S. The second-order valence-corrected chi connectivity index (χ2v) is 5.24. The lowest BCUT2D eigenvalue weighted by Crippen LogP contribution is -2.46. The zero-order chi connectivity index (χ0) is 13.4. The van der Waals surface area contributed by atoms with Crippen LogP contribution in [0.25, 0.3) is 0 Å². The number of urea groups is 1. The van der Waals surface area contributed by atoms with Crippen molar-refractivity contribution in [3.63, 3.8) is 0 Å². The molecule has 0 aromatic carbocycles. The Morgan fingerprint density at radius 2 is 2.00 bits per heavy atom. The highest BCUT2D eigenvalue weighted by molar-refractivity contribution is 7.99. The Morgan fingerprint density at radius 1 is 1.41 bits per heavy atom. The number of thioether (sulfide) groups is 1. The fourth-order valence-electron chi connectivity index (χ4n) is 1.43. The van der Waals surface area contributed by atoms with Crippen LogP contribution >= 0.6 is 11.8 Å². The fourth-order valence-corrected chi connectivity index (χ4v) is 1.68. The third kappa shape index (κ3) is 6.41. The summed E-state index contributed by atoms with van der Waals surface area (Å²) < 4.78 is 0. The molecule has 0 saturated heterocycles. The molecule has 6 heteroatoms. The summed E-state index contributed by atoms with van der Waals surface area (Å²) in [6.45, 7) is 6.72. The molecule has 0 aliphatic rings. The minimum atomic E-state index is -0.888. The Bertz CT molecular complexity index is 261. The van der Waals surface area contributed by atoms with Crippen LogP contribution in [0, 0.1) is 0 Å². The Kier molecular flexibility index (Phi) is 7.78. The lowest BCUT2D eigenvalue weighted by atomic mass is 10.2. The lowest BCUT2D eigenvalue weighted by molar-refractivity contribution is -0.138. The van der Waals surface area contributed by atoms with Gasteiger partial charge in [-0.2, -0.15) is 11.8 Å². The maximum absolute atomic E-state index is 11.8. The van der Waals surface area contributed by atoms with E-state index >= 15 is 0 Å². The number of nitrogens with zero attached hydrogens (tertiary/aromatic N) is 1. The zero-order valence-corrected chi connectivity index (χ0v) is 11.7. The van der Waals surface area contributed by atoms with Gasteiger partial charge in [0.25, 0.3) is 0 Å². The molecule has 2 unspecified atom stereocenters. The number of hydrogen-bond donors (Lipinski definition) is 2. The third-order valence-electron chi connectivity index (χ3n) is 2.55. The molecule has 0 aliphatic heterocycles. The molecule has 2 atom stereocenters. The highest BCUT2D eigenvalue weighted by atomic mass is 32.2. The van der Waals surface area contributed by atoms with Crippen molar-refractivity contribution in [2.24, 2.45) is 0 Å². The Morgan fingerprint density at radius 3 is 2.41 bits per heavy atom. The van der Waals surface area contributed by atoms with Crippen LogP contribution in [-0.4, -0.2) is 52.6 Å². The number of carbonyl (C=O) groups excluding carboxylic acids is 1. The van der Waals surface area contributed by atoms with Crippen molar-refractivity contribution < 1.29 is 14.7 Å². The van der Waals surface area contributed by atoms with Crippen molar-refractivity contribution in [1.82, 2.24) is 10.2 Å². The first-order valence-corrected chi connectivity index (χ1v) is 7.00. The molecule has 100 valence electrons. The predicted octanol–water partition coefficient (Wildman–Crippen LogP) is 1.63. The molecule has 0 aromatic heterocycles. The van der Waals surface area contributed by atoms with Gasteiger partial charge in [-0.3, -0.25) is 4.79 Å². The molecule has 0 bridgehead atoms. The summed E-state index contributed by atoms with van der Waals surface area (Å²) >= 11 is 1.68. The van der Waals surface area contributed by atoms with E-state index in [1.165, 1.54) is 0 Å². The SMILES string of the molecule is CCN(C(=O)NCC(C)SC)C(C)CC(=O)O. The van der Waals surface area contributed by atoms with Crippen LogP contribution in [0.4, 0.5) is 4.79 Å². The summed E-state index contributed by atoms with van der Waals surface area (Å²) in [7, 11) is 0. The average molecular weight is 262 g/mol. The van der Waals surface area contributed by atoms with E-state index in [0.717, 1.165) is 0 Å². The average Bonchev–Trinajstić information content (AvgIpc) is 2.25. The summed E-state index contributed by atoms with van der Waals surface area (Å²) in [5.74, 6) is -0.888. The number of nitrogens with one attached hydrogen (secondary N) is 1. The molecule has 0 spiro atoms. The van der Waals surface area contributed by atoms with E-state index in [1.54, 1.807) is 23.6 Å². The molecule has 2 N–H and O–H groups in total. The molecule has 0 heterocycles. The van der Waals surface area contributed by atoms with Gasteiger partial charge in [0.1, 0.15) is 0 Å². The molecule has 0 aliphatic carbocycles. The van der Waals surface area contributed by atoms with Crippen molar-refractivity contribution in [2.45, 2.75) is 38.5 Å². The van der Waals surface area contributed by atoms with Gasteiger partial charge < -0.3 is 15.3 Å². The largest absolute Gasteiger partial charge is 0.481 e. The third-order valence-corrected chi connectivity index (χ3v) is 3.52. The number of carboxylic acid groups (broad SMARTS) is 1. The topological polar surface area (TPSA) is 69.6 Å². The maximum Gasteiger partial charge on any atom is 0.317 e. The molecule has 0 rings (SSSR count). The van der Waals surface area contributed by atoms with E-state index in [-0.39, 0.29) is 18.5 Å². The van der Waals surface area contributed by atoms with Crippen LogP contribution in [-0.2, 0) is 4.79 Å². The second kappa shape index (κ2) is 8.22. The van der Waals surface area contributed by atoms with E-state index in [1.807, 2.05) is 20.1 Å². The number of aliphatic carboxylic acids is 1. The second-order valence-electron chi connectivity index (χ2n) is 3.97. The molecule has 0 fully saturated rings. The quantitative estimate of drug-likeness (QED) is 0.731. The van der Waals surface area contributed by atoms with Gasteiger partial charge in [-0.15, -0.1) is 0 Å². The number of carbonyl (C=O) groups is 2. The normalized spacial score (nSPS) is 13.9. The van der Waals surface area contributed by atoms with Gasteiger partial charge in [-0.25, -0.2) is 4.79 Å². The van der Waals surface area contributed by atoms with E-state index in [0.29, 0.717) is 18.3 Å². The highest BCUT2D eigenvalue weighted by Crippen LogP contribution is 2.06. The number of hydrogen-bond acceptors (Lipinski definition) is 3. The molecule has 5 nitrogen and oxygen atoms in total. The van der Waals surface area contributed by atoms with E-state index in [4.69, 9.17) is 5.11 Å². The molecule has 2 amide bonds.